The number of carbonyl (C=O) groups excluding carboxylic acids is 1. The van der Waals surface area contributed by atoms with Crippen molar-refractivity contribution in [3.63, 3.8) is 0 Å². The number of aryl methyl sites for hydroxylation is 1. The molecule has 0 aromatic carbocycles. The molecule has 0 spiro atoms. The topological polar surface area (TPSA) is 81.9 Å². The van der Waals surface area contributed by atoms with Gasteiger partial charge in [0.05, 0.1) is 20.3 Å². The van der Waals surface area contributed by atoms with Gasteiger partial charge in [-0.2, -0.15) is 10.1 Å². The molecule has 0 amide bonds. The highest BCUT2D eigenvalue weighted by molar-refractivity contribution is 5.85. The first kappa shape index (κ1) is 18.0. The third kappa shape index (κ3) is 3.21. The van der Waals surface area contributed by atoms with Crippen molar-refractivity contribution in [3.8, 4) is 0 Å². The second-order valence-corrected chi connectivity index (χ2v) is 6.67. The van der Waals surface area contributed by atoms with Crippen LogP contribution in [-0.2, 0) is 20.7 Å². The Morgan fingerprint density at radius 2 is 2.36 bits per heavy atom. The molecule has 25 heavy (non-hydrogen) atoms. The fourth-order valence-electron chi connectivity index (χ4n) is 3.90. The van der Waals surface area contributed by atoms with Gasteiger partial charge in [0, 0.05) is 31.4 Å². The molecule has 0 saturated carbocycles. The SMILES string of the molecule is COC(=O)[C@@]12COC[C@@H]1CN(CCCc1cnc3ncnn3c1)C2.Cl. The van der Waals surface area contributed by atoms with Crippen molar-refractivity contribution in [2.24, 2.45) is 11.3 Å². The van der Waals surface area contributed by atoms with Gasteiger partial charge < -0.3 is 14.4 Å². The first-order valence-electron chi connectivity index (χ1n) is 8.24. The number of esters is 1. The summed E-state index contributed by atoms with van der Waals surface area (Å²) >= 11 is 0. The highest BCUT2D eigenvalue weighted by atomic mass is 35.5. The van der Waals surface area contributed by atoms with Crippen molar-refractivity contribution < 1.29 is 14.3 Å². The average molecular weight is 368 g/mol. The second kappa shape index (κ2) is 7.23. The van der Waals surface area contributed by atoms with Crippen LogP contribution in [0.3, 0.4) is 0 Å². The molecule has 2 aromatic rings. The van der Waals surface area contributed by atoms with Gasteiger partial charge in [-0.05, 0) is 24.9 Å². The lowest BCUT2D eigenvalue weighted by atomic mass is 9.81. The number of halogens is 1. The molecule has 0 radical (unpaired) electrons. The van der Waals surface area contributed by atoms with E-state index in [1.54, 1.807) is 4.52 Å². The highest BCUT2D eigenvalue weighted by Crippen LogP contribution is 2.42. The summed E-state index contributed by atoms with van der Waals surface area (Å²) in [6, 6.07) is 0. The van der Waals surface area contributed by atoms with Crippen molar-refractivity contribution >= 4 is 24.2 Å². The number of carbonyl (C=O) groups is 1. The predicted octanol–water partition coefficient (Wildman–Crippen LogP) is 0.600. The van der Waals surface area contributed by atoms with Crippen LogP contribution >= 0.6 is 12.4 Å². The molecule has 0 bridgehead atoms. The summed E-state index contributed by atoms with van der Waals surface area (Å²) in [7, 11) is 1.46. The Hall–Kier alpha value is -1.77. The predicted molar refractivity (Wildman–Crippen MR) is 91.5 cm³/mol. The Kier molecular flexibility index (Phi) is 5.21. The van der Waals surface area contributed by atoms with Gasteiger partial charge in [0.1, 0.15) is 11.7 Å². The lowest BCUT2D eigenvalue weighted by Crippen LogP contribution is -2.40. The van der Waals surface area contributed by atoms with Crippen LogP contribution in [-0.4, -0.2) is 70.4 Å². The minimum absolute atomic E-state index is 0. The summed E-state index contributed by atoms with van der Waals surface area (Å²) in [5, 5.41) is 4.11. The van der Waals surface area contributed by atoms with Crippen LogP contribution in [0.1, 0.15) is 12.0 Å². The minimum atomic E-state index is -0.462. The first-order chi connectivity index (χ1) is 11.7. The third-order valence-electron chi connectivity index (χ3n) is 5.16. The van der Waals surface area contributed by atoms with E-state index in [4.69, 9.17) is 9.47 Å². The smallest absolute Gasteiger partial charge is 0.315 e. The van der Waals surface area contributed by atoms with Gasteiger partial charge in [-0.15, -0.1) is 12.4 Å². The fraction of sp³-hybridized carbons (Fsp3) is 0.625. The molecule has 0 N–H and O–H groups in total. The van der Waals surface area contributed by atoms with Crippen molar-refractivity contribution in [1.82, 2.24) is 24.5 Å². The van der Waals surface area contributed by atoms with Crippen LogP contribution in [0.2, 0.25) is 0 Å². The first-order valence-corrected chi connectivity index (χ1v) is 8.24. The quantitative estimate of drug-likeness (QED) is 0.716. The highest BCUT2D eigenvalue weighted by Gasteiger charge is 2.56. The van der Waals surface area contributed by atoms with Crippen LogP contribution < -0.4 is 0 Å². The lowest BCUT2D eigenvalue weighted by molar-refractivity contribution is -0.153. The molecule has 8 nitrogen and oxygen atoms in total. The van der Waals surface area contributed by atoms with Gasteiger partial charge in [0.15, 0.2) is 0 Å². The molecular formula is C16H22ClN5O3. The van der Waals surface area contributed by atoms with Crippen molar-refractivity contribution in [2.75, 3.05) is 40.0 Å². The van der Waals surface area contributed by atoms with E-state index in [9.17, 15) is 4.79 Å². The van der Waals surface area contributed by atoms with E-state index in [0.29, 0.717) is 19.0 Å². The number of hydrogen-bond acceptors (Lipinski definition) is 7. The summed E-state index contributed by atoms with van der Waals surface area (Å²) in [6.07, 6.45) is 7.26. The number of likely N-dealkylation sites (tertiary alicyclic amines) is 1. The Morgan fingerprint density at radius 1 is 1.48 bits per heavy atom. The van der Waals surface area contributed by atoms with Crippen LogP contribution in [0.5, 0.6) is 0 Å². The van der Waals surface area contributed by atoms with Gasteiger partial charge >= 0.3 is 5.97 Å². The number of fused-ring (bicyclic) bond motifs is 2. The zero-order valence-corrected chi connectivity index (χ0v) is 14.9. The summed E-state index contributed by atoms with van der Waals surface area (Å²) in [4.78, 5) is 22.9. The number of nitrogens with zero attached hydrogens (tertiary/aromatic N) is 5. The van der Waals surface area contributed by atoms with Gasteiger partial charge in [-0.1, -0.05) is 0 Å². The maximum atomic E-state index is 12.2. The standard InChI is InChI=1S/C16H21N5O3.ClH/c1-23-14(22)16-9-20(7-13(16)8-24-10-16)4-2-3-12-5-17-15-18-11-19-21(15)6-12;/h5-6,11,13H,2-4,7-10H2,1H3;1H/t13-,16-;/m0./s1. The van der Waals surface area contributed by atoms with E-state index in [2.05, 4.69) is 20.0 Å². The fourth-order valence-corrected chi connectivity index (χ4v) is 3.90. The van der Waals surface area contributed by atoms with Crippen molar-refractivity contribution in [1.29, 1.82) is 0 Å². The van der Waals surface area contributed by atoms with Gasteiger partial charge in [-0.3, -0.25) is 4.79 Å². The molecule has 2 aliphatic heterocycles. The number of methoxy groups -OCH3 is 1. The molecule has 2 aromatic heterocycles. The zero-order chi connectivity index (χ0) is 16.6. The third-order valence-corrected chi connectivity index (χ3v) is 5.16. The molecule has 2 atom stereocenters. The molecule has 2 aliphatic rings. The number of ether oxygens (including phenoxy) is 2. The van der Waals surface area contributed by atoms with Crippen LogP contribution in [0.15, 0.2) is 18.7 Å². The average Bonchev–Trinajstić information content (AvgIpc) is 3.27. The molecule has 136 valence electrons. The van der Waals surface area contributed by atoms with E-state index >= 15 is 0 Å². The monoisotopic (exact) mass is 367 g/mol. The lowest BCUT2D eigenvalue weighted by Gasteiger charge is -2.24. The molecule has 2 fully saturated rings. The normalized spacial score (nSPS) is 25.7. The molecule has 0 aliphatic carbocycles. The molecule has 9 heteroatoms. The van der Waals surface area contributed by atoms with Gasteiger partial charge in [0.2, 0.25) is 0 Å². The van der Waals surface area contributed by atoms with Crippen LogP contribution in [0.4, 0.5) is 0 Å². The van der Waals surface area contributed by atoms with Gasteiger partial charge in [-0.25, -0.2) is 9.50 Å². The van der Waals surface area contributed by atoms with E-state index in [0.717, 1.165) is 38.0 Å². The number of hydrogen-bond donors (Lipinski definition) is 0. The molecule has 4 heterocycles. The molecule has 2 saturated heterocycles. The largest absolute Gasteiger partial charge is 0.468 e. The van der Waals surface area contributed by atoms with E-state index in [1.807, 2.05) is 12.4 Å². The van der Waals surface area contributed by atoms with E-state index < -0.39 is 5.41 Å². The maximum Gasteiger partial charge on any atom is 0.315 e. The summed E-state index contributed by atoms with van der Waals surface area (Å²) in [5.41, 5.74) is 0.675. The number of aromatic nitrogens is 4. The minimum Gasteiger partial charge on any atom is -0.468 e. The van der Waals surface area contributed by atoms with Crippen LogP contribution in [0, 0.1) is 11.3 Å². The second-order valence-electron chi connectivity index (χ2n) is 6.67. The Labute approximate surface area is 151 Å². The maximum absolute atomic E-state index is 12.2. The Balaban J connectivity index is 0.00000182. The number of rotatable bonds is 5. The molecule has 4 rings (SSSR count). The zero-order valence-electron chi connectivity index (χ0n) is 14.1. The van der Waals surface area contributed by atoms with E-state index in [-0.39, 0.29) is 24.3 Å². The summed E-state index contributed by atoms with van der Waals surface area (Å²) in [6.45, 7) is 3.71. The Bertz CT molecular complexity index is 754. The molecular weight excluding hydrogens is 346 g/mol. The van der Waals surface area contributed by atoms with Crippen LogP contribution in [0.25, 0.3) is 5.78 Å². The Morgan fingerprint density at radius 3 is 3.20 bits per heavy atom. The molecule has 0 unspecified atom stereocenters. The summed E-state index contributed by atoms with van der Waals surface area (Å²) in [5.74, 6) is 0.734. The van der Waals surface area contributed by atoms with Gasteiger partial charge in [0.25, 0.3) is 5.78 Å². The van der Waals surface area contributed by atoms with Crippen molar-refractivity contribution in [3.05, 3.63) is 24.3 Å². The van der Waals surface area contributed by atoms with E-state index in [1.165, 1.54) is 13.4 Å². The summed E-state index contributed by atoms with van der Waals surface area (Å²) < 4.78 is 12.3. The van der Waals surface area contributed by atoms with Crippen molar-refractivity contribution in [2.45, 2.75) is 12.8 Å².